The van der Waals surface area contributed by atoms with Gasteiger partial charge in [0.05, 0.1) is 6.54 Å². The second-order valence-corrected chi connectivity index (χ2v) is 7.08. The zero-order valence-corrected chi connectivity index (χ0v) is 12.7. The molecule has 2 heterocycles. The van der Waals surface area contributed by atoms with Crippen LogP contribution in [0.3, 0.4) is 0 Å². The van der Waals surface area contributed by atoms with Crippen LogP contribution in [-0.2, 0) is 6.54 Å². The molecule has 0 radical (unpaired) electrons. The second kappa shape index (κ2) is 6.29. The van der Waals surface area contributed by atoms with Gasteiger partial charge >= 0.3 is 0 Å². The lowest BCUT2D eigenvalue weighted by molar-refractivity contribution is 0.198. The van der Waals surface area contributed by atoms with Gasteiger partial charge in [-0.25, -0.2) is 0 Å². The Morgan fingerprint density at radius 1 is 1.05 bits per heavy atom. The summed E-state index contributed by atoms with van der Waals surface area (Å²) in [5.74, 6) is 0. The first-order valence-corrected chi connectivity index (χ1v) is 8.38. The summed E-state index contributed by atoms with van der Waals surface area (Å²) in [6, 6.07) is 0.878. The van der Waals surface area contributed by atoms with Gasteiger partial charge in [-0.15, -0.1) is 21.5 Å². The lowest BCUT2D eigenvalue weighted by Crippen LogP contribution is -2.36. The average Bonchev–Trinajstić information content (AvgIpc) is 3.00. The van der Waals surface area contributed by atoms with Crippen LogP contribution >= 0.6 is 11.3 Å². The Bertz CT molecular complexity index is 400. The molecule has 1 saturated carbocycles. The first-order valence-electron chi connectivity index (χ1n) is 7.56. The Labute approximate surface area is 119 Å². The molecule has 1 aliphatic heterocycles. The molecule has 0 atom stereocenters. The topological polar surface area (TPSA) is 32.3 Å². The Morgan fingerprint density at radius 2 is 1.89 bits per heavy atom. The van der Waals surface area contributed by atoms with Crippen LogP contribution in [0.25, 0.3) is 0 Å². The van der Waals surface area contributed by atoms with Crippen LogP contribution in [0.4, 0.5) is 0 Å². The fraction of sp³-hybridized carbons (Fsp3) is 0.857. The second-order valence-electron chi connectivity index (χ2n) is 5.82. The molecule has 0 spiro atoms. The van der Waals surface area contributed by atoms with Crippen LogP contribution in [0, 0.1) is 6.92 Å². The van der Waals surface area contributed by atoms with E-state index >= 15 is 0 Å². The molecule has 1 aliphatic carbocycles. The lowest BCUT2D eigenvalue weighted by Gasteiger charge is -2.27. The minimum absolute atomic E-state index is 0.878. The molecule has 4 nitrogen and oxygen atoms in total. The summed E-state index contributed by atoms with van der Waals surface area (Å²) in [5, 5.41) is 10.6. The van der Waals surface area contributed by atoms with Gasteiger partial charge < -0.3 is 0 Å². The largest absolute Gasteiger partial charge is 0.299 e. The molecule has 106 valence electrons. The molecule has 2 aliphatic rings. The fourth-order valence-corrected chi connectivity index (χ4v) is 4.13. The summed E-state index contributed by atoms with van der Waals surface area (Å²) >= 11 is 1.74. The van der Waals surface area contributed by atoms with E-state index in [0.29, 0.717) is 0 Å². The average molecular weight is 280 g/mol. The highest BCUT2D eigenvalue weighted by Gasteiger charge is 2.24. The van der Waals surface area contributed by atoms with E-state index in [4.69, 9.17) is 0 Å². The van der Waals surface area contributed by atoms with Crippen LogP contribution < -0.4 is 0 Å². The molecular weight excluding hydrogens is 256 g/mol. The maximum atomic E-state index is 4.25. The molecule has 19 heavy (non-hydrogen) atoms. The molecule has 2 fully saturated rings. The van der Waals surface area contributed by atoms with Crippen molar-refractivity contribution in [2.24, 2.45) is 0 Å². The van der Waals surface area contributed by atoms with Crippen LogP contribution in [0.2, 0.25) is 0 Å². The van der Waals surface area contributed by atoms with Crippen molar-refractivity contribution in [3.63, 3.8) is 0 Å². The predicted octanol–water partition coefficient (Wildman–Crippen LogP) is 2.30. The third kappa shape index (κ3) is 3.52. The minimum atomic E-state index is 0.878. The quantitative estimate of drug-likeness (QED) is 0.850. The summed E-state index contributed by atoms with van der Waals surface area (Å²) in [6.45, 7) is 7.95. The number of nitrogens with zero attached hydrogens (tertiary/aromatic N) is 4. The molecule has 3 rings (SSSR count). The number of hydrogen-bond donors (Lipinski definition) is 0. The molecule has 0 amide bonds. The molecule has 0 N–H and O–H groups in total. The van der Waals surface area contributed by atoms with Crippen LogP contribution in [-0.4, -0.2) is 52.2 Å². The van der Waals surface area contributed by atoms with Gasteiger partial charge in [0.1, 0.15) is 10.0 Å². The van der Waals surface area contributed by atoms with Gasteiger partial charge in [-0.2, -0.15) is 0 Å². The Morgan fingerprint density at radius 3 is 2.63 bits per heavy atom. The third-order valence-corrected chi connectivity index (χ3v) is 5.21. The summed E-state index contributed by atoms with van der Waals surface area (Å²) in [6.07, 6.45) is 7.03. The van der Waals surface area contributed by atoms with Crippen molar-refractivity contribution in [3.8, 4) is 0 Å². The number of aryl methyl sites for hydroxylation is 1. The minimum Gasteiger partial charge on any atom is -0.299 e. The van der Waals surface area contributed by atoms with E-state index in [2.05, 4.69) is 20.0 Å². The summed E-state index contributed by atoms with van der Waals surface area (Å²) in [4.78, 5) is 5.28. The predicted molar refractivity (Wildman–Crippen MR) is 78.4 cm³/mol. The summed E-state index contributed by atoms with van der Waals surface area (Å²) in [7, 11) is 0. The normalized spacial score (nSPS) is 23.8. The first-order chi connectivity index (χ1) is 9.31. The van der Waals surface area contributed by atoms with Gasteiger partial charge in [0, 0.05) is 19.1 Å². The van der Waals surface area contributed by atoms with Crippen molar-refractivity contribution >= 4 is 11.3 Å². The monoisotopic (exact) mass is 280 g/mol. The number of rotatable bonds is 3. The fourth-order valence-electron chi connectivity index (χ4n) is 3.38. The zero-order chi connectivity index (χ0) is 13.1. The maximum absolute atomic E-state index is 4.25. The Hall–Kier alpha value is -0.520. The molecule has 0 aromatic carbocycles. The number of hydrogen-bond acceptors (Lipinski definition) is 5. The van der Waals surface area contributed by atoms with Crippen molar-refractivity contribution in [3.05, 3.63) is 10.0 Å². The molecular formula is C14H24N4S. The molecule has 0 bridgehead atoms. The van der Waals surface area contributed by atoms with Gasteiger partial charge in [-0.1, -0.05) is 12.8 Å². The number of aromatic nitrogens is 2. The first kappa shape index (κ1) is 13.5. The van der Waals surface area contributed by atoms with Crippen molar-refractivity contribution < 1.29 is 0 Å². The van der Waals surface area contributed by atoms with Gasteiger partial charge in [0.2, 0.25) is 0 Å². The van der Waals surface area contributed by atoms with Crippen LogP contribution in [0.1, 0.15) is 42.1 Å². The van der Waals surface area contributed by atoms with Gasteiger partial charge in [0.15, 0.2) is 0 Å². The van der Waals surface area contributed by atoms with E-state index in [1.54, 1.807) is 11.3 Å². The van der Waals surface area contributed by atoms with Crippen LogP contribution in [0.15, 0.2) is 0 Å². The summed E-state index contributed by atoms with van der Waals surface area (Å²) in [5.41, 5.74) is 0. The molecule has 0 unspecified atom stereocenters. The van der Waals surface area contributed by atoms with E-state index in [0.717, 1.165) is 17.6 Å². The van der Waals surface area contributed by atoms with Crippen LogP contribution in [0.5, 0.6) is 0 Å². The van der Waals surface area contributed by atoms with Crippen molar-refractivity contribution in [1.29, 1.82) is 0 Å². The smallest absolute Gasteiger partial charge is 0.131 e. The lowest BCUT2D eigenvalue weighted by atomic mass is 10.2. The van der Waals surface area contributed by atoms with E-state index in [1.807, 2.05) is 6.92 Å². The molecule has 1 aromatic rings. The summed E-state index contributed by atoms with van der Waals surface area (Å²) < 4.78 is 0. The van der Waals surface area contributed by atoms with E-state index in [-0.39, 0.29) is 0 Å². The van der Waals surface area contributed by atoms with E-state index < -0.39 is 0 Å². The van der Waals surface area contributed by atoms with Gasteiger partial charge in [-0.05, 0) is 39.3 Å². The van der Waals surface area contributed by atoms with E-state index in [9.17, 15) is 0 Å². The highest BCUT2D eigenvalue weighted by atomic mass is 32.1. The zero-order valence-electron chi connectivity index (χ0n) is 11.8. The Balaban J connectivity index is 1.52. The Kier molecular flexibility index (Phi) is 4.45. The SMILES string of the molecule is Cc1nnc(CN2CCCN(C3CCCC3)CC2)s1. The maximum Gasteiger partial charge on any atom is 0.131 e. The molecule has 1 saturated heterocycles. The standard InChI is InChI=1S/C14H24N4S/c1-12-15-16-14(19-12)11-17-7-4-8-18(10-9-17)13-5-2-3-6-13/h13H,2-11H2,1H3. The molecule has 5 heteroatoms. The van der Waals surface area contributed by atoms with Gasteiger partial charge in [-0.3, -0.25) is 9.80 Å². The van der Waals surface area contributed by atoms with Crippen molar-refractivity contribution in [2.45, 2.75) is 51.6 Å². The van der Waals surface area contributed by atoms with Crippen molar-refractivity contribution in [2.75, 3.05) is 26.2 Å². The van der Waals surface area contributed by atoms with E-state index in [1.165, 1.54) is 63.3 Å². The highest BCUT2D eigenvalue weighted by molar-refractivity contribution is 7.11. The van der Waals surface area contributed by atoms with Crippen molar-refractivity contribution in [1.82, 2.24) is 20.0 Å². The third-order valence-electron chi connectivity index (χ3n) is 4.39. The highest BCUT2D eigenvalue weighted by Crippen LogP contribution is 2.24. The van der Waals surface area contributed by atoms with Gasteiger partial charge in [0.25, 0.3) is 0 Å². The molecule has 1 aromatic heterocycles.